The van der Waals surface area contributed by atoms with Crippen LogP contribution >= 0.6 is 11.3 Å². The first-order chi connectivity index (χ1) is 12.1. The summed E-state index contributed by atoms with van der Waals surface area (Å²) in [6.07, 6.45) is 0. The first kappa shape index (κ1) is 16.7. The van der Waals surface area contributed by atoms with Crippen molar-refractivity contribution >= 4 is 39.8 Å². The molecule has 3 aromatic rings. The normalized spacial score (nSPS) is 10.1. The van der Waals surface area contributed by atoms with Gasteiger partial charge in [-0.3, -0.25) is 10.1 Å². The van der Waals surface area contributed by atoms with E-state index in [1.165, 1.54) is 11.3 Å². The van der Waals surface area contributed by atoms with Crippen LogP contribution in [-0.2, 0) is 0 Å². The van der Waals surface area contributed by atoms with E-state index in [0.29, 0.717) is 16.5 Å². The predicted molar refractivity (Wildman–Crippen MR) is 100 cm³/mol. The zero-order valence-electron chi connectivity index (χ0n) is 13.4. The molecule has 3 amide bonds. The van der Waals surface area contributed by atoms with E-state index in [9.17, 15) is 9.59 Å². The van der Waals surface area contributed by atoms with Crippen molar-refractivity contribution in [3.8, 4) is 0 Å². The molecule has 6 nitrogen and oxygen atoms in total. The van der Waals surface area contributed by atoms with Crippen molar-refractivity contribution in [1.82, 2.24) is 4.98 Å². The lowest BCUT2D eigenvalue weighted by molar-refractivity contribution is 0.102. The van der Waals surface area contributed by atoms with E-state index in [0.717, 1.165) is 5.56 Å². The van der Waals surface area contributed by atoms with Gasteiger partial charge in [-0.25, -0.2) is 9.78 Å². The minimum atomic E-state index is -0.409. The van der Waals surface area contributed by atoms with Crippen molar-refractivity contribution in [2.75, 3.05) is 16.0 Å². The van der Waals surface area contributed by atoms with Crippen LogP contribution in [0.25, 0.3) is 0 Å². The fourth-order valence-corrected chi connectivity index (χ4v) is 2.73. The zero-order chi connectivity index (χ0) is 17.6. The van der Waals surface area contributed by atoms with Gasteiger partial charge >= 0.3 is 6.03 Å². The maximum absolute atomic E-state index is 12.1. The van der Waals surface area contributed by atoms with Crippen LogP contribution in [0.15, 0.2) is 60.0 Å². The minimum Gasteiger partial charge on any atom is -0.321 e. The van der Waals surface area contributed by atoms with Crippen LogP contribution < -0.4 is 16.0 Å². The molecule has 1 heterocycles. The van der Waals surface area contributed by atoms with Crippen LogP contribution in [0.5, 0.6) is 0 Å². The minimum absolute atomic E-state index is 0.250. The summed E-state index contributed by atoms with van der Waals surface area (Å²) in [5, 5.41) is 10.0. The van der Waals surface area contributed by atoms with Gasteiger partial charge in [0.1, 0.15) is 5.69 Å². The van der Waals surface area contributed by atoms with Crippen molar-refractivity contribution < 1.29 is 9.59 Å². The van der Waals surface area contributed by atoms with E-state index in [-0.39, 0.29) is 11.6 Å². The van der Waals surface area contributed by atoms with Crippen LogP contribution in [0.2, 0.25) is 0 Å². The molecule has 0 bridgehead atoms. The summed E-state index contributed by atoms with van der Waals surface area (Å²) in [7, 11) is 0. The number of rotatable bonds is 4. The molecule has 126 valence electrons. The summed E-state index contributed by atoms with van der Waals surface area (Å²) in [6.45, 7) is 1.97. The first-order valence-electron chi connectivity index (χ1n) is 7.57. The Morgan fingerprint density at radius 2 is 1.56 bits per heavy atom. The Morgan fingerprint density at radius 1 is 0.880 bits per heavy atom. The summed E-state index contributed by atoms with van der Waals surface area (Å²) in [5.41, 5.74) is 2.73. The molecule has 0 unspecified atom stereocenters. The van der Waals surface area contributed by atoms with Gasteiger partial charge in [0.05, 0.1) is 0 Å². The molecular weight excluding hydrogens is 336 g/mol. The van der Waals surface area contributed by atoms with Gasteiger partial charge in [-0.1, -0.05) is 35.9 Å². The Kier molecular flexibility index (Phi) is 5.06. The molecule has 7 heteroatoms. The largest absolute Gasteiger partial charge is 0.325 e. The van der Waals surface area contributed by atoms with Gasteiger partial charge < -0.3 is 10.6 Å². The third kappa shape index (κ3) is 4.65. The fraction of sp³-hybridized carbons (Fsp3) is 0.0556. The number of carbonyl (C=O) groups is 2. The molecule has 0 aliphatic heterocycles. The van der Waals surface area contributed by atoms with Crippen LogP contribution in [-0.4, -0.2) is 16.9 Å². The van der Waals surface area contributed by atoms with Crippen molar-refractivity contribution in [1.29, 1.82) is 0 Å². The SMILES string of the molecule is Cc1ccc(NC(=O)Nc2nc(C(=O)Nc3ccccc3)cs2)cc1. The molecule has 0 saturated heterocycles. The lowest BCUT2D eigenvalue weighted by Gasteiger charge is -2.05. The lowest BCUT2D eigenvalue weighted by atomic mass is 10.2. The quantitative estimate of drug-likeness (QED) is 0.653. The Labute approximate surface area is 148 Å². The zero-order valence-corrected chi connectivity index (χ0v) is 14.3. The van der Waals surface area contributed by atoms with Gasteiger partial charge in [-0.15, -0.1) is 11.3 Å². The molecule has 3 rings (SSSR count). The average Bonchev–Trinajstić information content (AvgIpc) is 3.06. The standard InChI is InChI=1S/C18H16N4O2S/c1-12-7-9-14(10-8-12)20-17(24)22-18-21-15(11-25-18)16(23)19-13-5-3-2-4-6-13/h2-11H,1H3,(H,19,23)(H2,20,21,22,24). The van der Waals surface area contributed by atoms with E-state index >= 15 is 0 Å². The average molecular weight is 352 g/mol. The number of aryl methyl sites for hydroxylation is 1. The second-order valence-corrected chi connectivity index (χ2v) is 6.16. The van der Waals surface area contributed by atoms with Crippen LogP contribution in [0.1, 0.15) is 16.1 Å². The number of nitrogens with one attached hydrogen (secondary N) is 3. The van der Waals surface area contributed by atoms with Gasteiger partial charge in [0.15, 0.2) is 5.13 Å². The molecule has 0 saturated carbocycles. The molecule has 0 aliphatic carbocycles. The van der Waals surface area contributed by atoms with Crippen molar-refractivity contribution in [3.05, 3.63) is 71.2 Å². The third-order valence-corrected chi connectivity index (χ3v) is 4.06. The molecule has 1 aromatic heterocycles. The third-order valence-electron chi connectivity index (χ3n) is 3.30. The Balaban J connectivity index is 1.58. The summed E-state index contributed by atoms with van der Waals surface area (Å²) >= 11 is 1.19. The first-order valence-corrected chi connectivity index (χ1v) is 8.45. The summed E-state index contributed by atoms with van der Waals surface area (Å²) < 4.78 is 0. The van der Waals surface area contributed by atoms with Gasteiger partial charge in [-0.05, 0) is 31.2 Å². The van der Waals surface area contributed by atoms with Gasteiger partial charge in [0, 0.05) is 16.8 Å². The number of carbonyl (C=O) groups excluding carboxylic acids is 2. The lowest BCUT2D eigenvalue weighted by Crippen LogP contribution is -2.19. The molecule has 0 radical (unpaired) electrons. The van der Waals surface area contributed by atoms with Crippen LogP contribution in [0, 0.1) is 6.92 Å². The maximum Gasteiger partial charge on any atom is 0.325 e. The number of benzene rings is 2. The molecule has 0 spiro atoms. The molecule has 0 atom stereocenters. The monoisotopic (exact) mass is 352 g/mol. The van der Waals surface area contributed by atoms with E-state index in [4.69, 9.17) is 0 Å². The number of urea groups is 1. The van der Waals surface area contributed by atoms with Gasteiger partial charge in [0.2, 0.25) is 0 Å². The van der Waals surface area contributed by atoms with Crippen molar-refractivity contribution in [3.63, 3.8) is 0 Å². The number of nitrogens with zero attached hydrogens (tertiary/aromatic N) is 1. The van der Waals surface area contributed by atoms with Crippen molar-refractivity contribution in [2.45, 2.75) is 6.92 Å². The highest BCUT2D eigenvalue weighted by Gasteiger charge is 2.12. The number of hydrogen-bond donors (Lipinski definition) is 3. The maximum atomic E-state index is 12.1. The second-order valence-electron chi connectivity index (χ2n) is 5.30. The molecule has 0 aliphatic rings. The number of para-hydroxylation sites is 1. The number of anilines is 3. The van der Waals surface area contributed by atoms with E-state index in [1.54, 1.807) is 17.5 Å². The Bertz CT molecular complexity index is 876. The Morgan fingerprint density at radius 3 is 2.28 bits per heavy atom. The molecule has 2 aromatic carbocycles. The highest BCUT2D eigenvalue weighted by atomic mass is 32.1. The fourth-order valence-electron chi connectivity index (χ4n) is 2.05. The van der Waals surface area contributed by atoms with E-state index < -0.39 is 6.03 Å². The topological polar surface area (TPSA) is 83.1 Å². The number of thiazole rings is 1. The van der Waals surface area contributed by atoms with Crippen LogP contribution in [0.3, 0.4) is 0 Å². The van der Waals surface area contributed by atoms with Crippen LogP contribution in [0.4, 0.5) is 21.3 Å². The highest BCUT2D eigenvalue weighted by molar-refractivity contribution is 7.14. The number of hydrogen-bond acceptors (Lipinski definition) is 4. The number of amides is 3. The highest BCUT2D eigenvalue weighted by Crippen LogP contribution is 2.17. The summed E-state index contributed by atoms with van der Waals surface area (Å²) in [5.74, 6) is -0.325. The molecule has 0 fully saturated rings. The van der Waals surface area contributed by atoms with E-state index in [1.807, 2.05) is 49.4 Å². The van der Waals surface area contributed by atoms with Gasteiger partial charge in [-0.2, -0.15) is 0 Å². The van der Waals surface area contributed by atoms with E-state index in [2.05, 4.69) is 20.9 Å². The molecule has 3 N–H and O–H groups in total. The second kappa shape index (κ2) is 7.59. The summed E-state index contributed by atoms with van der Waals surface area (Å²) in [4.78, 5) is 28.3. The summed E-state index contributed by atoms with van der Waals surface area (Å²) in [6, 6.07) is 16.1. The van der Waals surface area contributed by atoms with Gasteiger partial charge in [0.25, 0.3) is 5.91 Å². The smallest absolute Gasteiger partial charge is 0.321 e. The molecular formula is C18H16N4O2S. The van der Waals surface area contributed by atoms with Crippen molar-refractivity contribution in [2.24, 2.45) is 0 Å². The number of aromatic nitrogens is 1. The molecule has 25 heavy (non-hydrogen) atoms. The Hall–Kier alpha value is -3.19. The predicted octanol–water partition coefficient (Wildman–Crippen LogP) is 4.35.